The zero-order chi connectivity index (χ0) is 42.8. The average Bonchev–Trinajstić information content (AvgIpc) is 3.92. The van der Waals surface area contributed by atoms with E-state index in [-0.39, 0.29) is 31.8 Å². The lowest BCUT2D eigenvalue weighted by Gasteiger charge is -2.32. The van der Waals surface area contributed by atoms with E-state index in [1.165, 1.54) is 34.5 Å². The van der Waals surface area contributed by atoms with Crippen LogP contribution in [0.2, 0.25) is 0 Å². The number of hydrogen-bond acceptors (Lipinski definition) is 11. The molecule has 1 aliphatic heterocycles. The lowest BCUT2D eigenvalue weighted by molar-refractivity contribution is -0.142. The number of anilines is 1. The number of rotatable bonds is 17. The summed E-state index contributed by atoms with van der Waals surface area (Å²) in [6.45, 7) is 3.35. The summed E-state index contributed by atoms with van der Waals surface area (Å²) in [6, 6.07) is 8.42. The van der Waals surface area contributed by atoms with Gasteiger partial charge in [-0.25, -0.2) is 19.4 Å². The predicted molar refractivity (Wildman–Crippen MR) is 220 cm³/mol. The van der Waals surface area contributed by atoms with Gasteiger partial charge in [-0.15, -0.1) is 5.10 Å². The first-order chi connectivity index (χ1) is 28.8. The topological polar surface area (TPSA) is 257 Å². The molecule has 0 radical (unpaired) electrons. The fourth-order valence-electron chi connectivity index (χ4n) is 8.11. The van der Waals surface area contributed by atoms with Crippen molar-refractivity contribution in [2.75, 3.05) is 18.4 Å². The van der Waals surface area contributed by atoms with Gasteiger partial charge in [0, 0.05) is 25.1 Å². The molecule has 4 aromatic rings. The Kier molecular flexibility index (Phi) is 14.2. The van der Waals surface area contributed by atoms with Crippen LogP contribution in [-0.2, 0) is 24.8 Å². The molecule has 1 saturated carbocycles. The molecule has 60 heavy (non-hydrogen) atoms. The molecule has 2 aliphatic rings. The van der Waals surface area contributed by atoms with Crippen molar-refractivity contribution in [1.82, 2.24) is 45.8 Å². The Labute approximate surface area is 347 Å². The summed E-state index contributed by atoms with van der Waals surface area (Å²) in [4.78, 5) is 89.8. The molecule has 2 aromatic heterocycles. The fourth-order valence-corrected chi connectivity index (χ4v) is 8.11. The molecule has 18 heteroatoms. The monoisotopic (exact) mass is 823 g/mol. The van der Waals surface area contributed by atoms with Crippen molar-refractivity contribution >= 4 is 51.9 Å². The highest BCUT2D eigenvalue weighted by molar-refractivity contribution is 6.37. The van der Waals surface area contributed by atoms with E-state index in [0.717, 1.165) is 42.9 Å². The molecular formula is C42H53N11O7. The number of nitrogens with one attached hydrogen (secondary N) is 4. The van der Waals surface area contributed by atoms with Gasteiger partial charge in [0.15, 0.2) is 0 Å². The highest BCUT2D eigenvalue weighted by Crippen LogP contribution is 2.34. The second-order valence-corrected chi connectivity index (χ2v) is 16.1. The number of fused-ring (bicyclic) bond motifs is 1. The minimum Gasteiger partial charge on any atom is -0.384 e. The van der Waals surface area contributed by atoms with Gasteiger partial charge in [-0.3, -0.25) is 24.0 Å². The van der Waals surface area contributed by atoms with E-state index in [1.54, 1.807) is 26.0 Å². The number of aliphatic hydroxyl groups is 1. The van der Waals surface area contributed by atoms with Crippen LogP contribution in [0.5, 0.6) is 0 Å². The third-order valence-electron chi connectivity index (χ3n) is 11.2. The number of nitrogens with two attached hydrogens (primary N) is 1. The van der Waals surface area contributed by atoms with Gasteiger partial charge in [0.2, 0.25) is 17.6 Å². The van der Waals surface area contributed by atoms with E-state index in [2.05, 4.69) is 41.5 Å². The van der Waals surface area contributed by atoms with Gasteiger partial charge in [0.05, 0.1) is 42.1 Å². The maximum atomic E-state index is 14.9. The van der Waals surface area contributed by atoms with Gasteiger partial charge in [0.1, 0.15) is 24.0 Å². The number of urea groups is 1. The second-order valence-electron chi connectivity index (χ2n) is 16.1. The number of carbonyl (C=O) groups is 6. The van der Waals surface area contributed by atoms with Crippen LogP contribution in [0.3, 0.4) is 0 Å². The highest BCUT2D eigenvalue weighted by Gasteiger charge is 2.45. The summed E-state index contributed by atoms with van der Waals surface area (Å²) in [5, 5.41) is 32.0. The molecule has 7 N–H and O–H groups in total. The minimum absolute atomic E-state index is 0.0193. The Morgan fingerprint density at radius 1 is 0.917 bits per heavy atom. The lowest BCUT2D eigenvalue weighted by atomic mass is 9.84. The Hall–Kier alpha value is -6.30. The number of nitrogens with zero attached hydrogens (tertiary/aromatic N) is 6. The van der Waals surface area contributed by atoms with Crippen LogP contribution in [0.15, 0.2) is 67.4 Å². The number of benzene rings is 2. The van der Waals surface area contributed by atoms with Gasteiger partial charge in [-0.1, -0.05) is 67.6 Å². The first-order valence-electron chi connectivity index (χ1n) is 20.5. The van der Waals surface area contributed by atoms with Gasteiger partial charge in [-0.2, -0.15) is 0 Å². The molecule has 1 aliphatic carbocycles. The summed E-state index contributed by atoms with van der Waals surface area (Å²) in [5.41, 5.74) is 5.21. The SMILES string of the molecule is CC(C)(O)c1cnnn1[C@H]1C[C@@H](C(=O)NC(CCCCNC(=O)Nc2cncnc2)C(=O)C(N)=O)N(C(=O)C(CC2CCCCC2)NC(=O)c2ccc3ccccc3c2)C1. The lowest BCUT2D eigenvalue weighted by Crippen LogP contribution is -2.56. The van der Waals surface area contributed by atoms with Crippen LogP contribution in [0.4, 0.5) is 10.5 Å². The number of aromatic nitrogens is 5. The maximum Gasteiger partial charge on any atom is 0.319 e. The van der Waals surface area contributed by atoms with Crippen molar-refractivity contribution in [2.45, 2.75) is 108 Å². The van der Waals surface area contributed by atoms with Crippen molar-refractivity contribution in [3.8, 4) is 0 Å². The number of unbranched alkanes of at least 4 members (excludes halogenated alkanes) is 1. The number of amides is 6. The van der Waals surface area contributed by atoms with E-state index >= 15 is 0 Å². The molecule has 6 amide bonds. The van der Waals surface area contributed by atoms with Gasteiger partial charge in [-0.05, 0) is 68.4 Å². The highest BCUT2D eigenvalue weighted by atomic mass is 16.3. The molecule has 2 fully saturated rings. The zero-order valence-electron chi connectivity index (χ0n) is 33.9. The van der Waals surface area contributed by atoms with Gasteiger partial charge in [0.25, 0.3) is 11.8 Å². The standard InChI is InChI=1S/C42H53N11O7/c1-42(2,60)35-23-47-51-53(35)31-20-34(39(57)49-32(36(54)37(43)55)14-8-9-17-46-41(59)48-30-21-44-25-45-22-30)52(24-31)40(58)33(18-26-10-4-3-5-11-26)50-38(56)29-16-15-27-12-6-7-13-28(27)19-29/h6-7,12-13,15-16,19,21-23,25-26,31-34,60H,3-5,8-11,14,17-18,20,24H2,1-2H3,(H2,43,55)(H,49,57)(H,50,56)(H2,46,48,59)/t31-,32?,33?,34-/m0/s1. The number of hydrogen-bond donors (Lipinski definition) is 6. The van der Waals surface area contributed by atoms with Crippen LogP contribution in [0.25, 0.3) is 10.8 Å². The maximum absolute atomic E-state index is 14.9. The third-order valence-corrected chi connectivity index (χ3v) is 11.2. The van der Waals surface area contributed by atoms with E-state index < -0.39 is 65.2 Å². The van der Waals surface area contributed by atoms with Crippen molar-refractivity contribution in [3.63, 3.8) is 0 Å². The van der Waals surface area contributed by atoms with Crippen molar-refractivity contribution < 1.29 is 33.9 Å². The predicted octanol–water partition coefficient (Wildman–Crippen LogP) is 2.89. The first kappa shape index (κ1) is 43.3. The van der Waals surface area contributed by atoms with Gasteiger partial charge < -0.3 is 37.0 Å². The fraction of sp³-hybridized carbons (Fsp3) is 0.476. The number of likely N-dealkylation sites (tertiary alicyclic amines) is 1. The molecule has 18 nitrogen and oxygen atoms in total. The summed E-state index contributed by atoms with van der Waals surface area (Å²) in [6.07, 6.45) is 11.6. The minimum atomic E-state index is -1.36. The zero-order valence-corrected chi connectivity index (χ0v) is 33.9. The van der Waals surface area contributed by atoms with E-state index in [9.17, 15) is 33.9 Å². The van der Waals surface area contributed by atoms with E-state index in [0.29, 0.717) is 36.2 Å². The summed E-state index contributed by atoms with van der Waals surface area (Å²) in [5.74, 6) is -3.69. The molecule has 4 atom stereocenters. The van der Waals surface area contributed by atoms with Crippen LogP contribution < -0.4 is 27.0 Å². The molecule has 1 saturated heterocycles. The number of primary amides is 1. The number of ketones is 1. The Morgan fingerprint density at radius 3 is 2.37 bits per heavy atom. The van der Waals surface area contributed by atoms with E-state index in [1.807, 2.05) is 30.3 Å². The number of carbonyl (C=O) groups excluding carboxylic acids is 6. The van der Waals surface area contributed by atoms with E-state index in [4.69, 9.17) is 5.73 Å². The smallest absolute Gasteiger partial charge is 0.319 e. The molecule has 0 bridgehead atoms. The Bertz CT molecular complexity index is 2170. The summed E-state index contributed by atoms with van der Waals surface area (Å²) < 4.78 is 1.50. The third kappa shape index (κ3) is 11.0. The van der Waals surface area contributed by atoms with Crippen LogP contribution in [0.1, 0.15) is 100 Å². The van der Waals surface area contributed by atoms with Crippen molar-refractivity contribution in [1.29, 1.82) is 0 Å². The Morgan fingerprint density at radius 2 is 1.65 bits per heavy atom. The van der Waals surface area contributed by atoms with Crippen LogP contribution in [0, 0.1) is 5.92 Å². The van der Waals surface area contributed by atoms with Crippen molar-refractivity contribution in [2.24, 2.45) is 11.7 Å². The molecule has 2 aromatic carbocycles. The molecule has 2 unspecified atom stereocenters. The normalized spacial score (nSPS) is 18.0. The van der Waals surface area contributed by atoms with Crippen LogP contribution in [-0.4, -0.2) is 102 Å². The molecular weight excluding hydrogens is 771 g/mol. The number of Topliss-reactive ketones (excluding diaryl/α,β-unsaturated/α-hetero) is 1. The van der Waals surface area contributed by atoms with Gasteiger partial charge >= 0.3 is 6.03 Å². The largest absolute Gasteiger partial charge is 0.384 e. The van der Waals surface area contributed by atoms with Crippen LogP contribution >= 0.6 is 0 Å². The summed E-state index contributed by atoms with van der Waals surface area (Å²) in [7, 11) is 0. The average molecular weight is 824 g/mol. The van der Waals surface area contributed by atoms with Crippen molar-refractivity contribution in [3.05, 3.63) is 78.6 Å². The second kappa shape index (κ2) is 19.6. The molecule has 3 heterocycles. The first-order valence-corrected chi connectivity index (χ1v) is 20.5. The molecule has 6 rings (SSSR count). The summed E-state index contributed by atoms with van der Waals surface area (Å²) >= 11 is 0. The quantitative estimate of drug-likeness (QED) is 0.0667. The molecule has 0 spiro atoms. The molecule has 318 valence electrons. The Balaban J connectivity index is 1.21.